The molecule has 19 heavy (non-hydrogen) atoms. The number of para-hydroxylation sites is 1. The van der Waals surface area contributed by atoms with Crippen molar-refractivity contribution in [3.05, 3.63) is 48.0 Å². The molecule has 1 aliphatic heterocycles. The number of fused-ring (bicyclic) bond motifs is 2. The van der Waals surface area contributed by atoms with Gasteiger partial charge in [0.25, 0.3) is 0 Å². The molecular formula is C15H13N3O. The summed E-state index contributed by atoms with van der Waals surface area (Å²) in [4.78, 5) is 9.17. The molecule has 2 aromatic heterocycles. The molecule has 0 spiro atoms. The fourth-order valence-electron chi connectivity index (χ4n) is 2.52. The number of hydrogen-bond acceptors (Lipinski definition) is 4. The second-order valence-corrected chi connectivity index (χ2v) is 4.74. The van der Waals surface area contributed by atoms with E-state index >= 15 is 0 Å². The third-order valence-electron chi connectivity index (χ3n) is 3.53. The van der Waals surface area contributed by atoms with Crippen LogP contribution >= 0.6 is 0 Å². The van der Waals surface area contributed by atoms with Crippen molar-refractivity contribution in [3.8, 4) is 11.4 Å². The molecular weight excluding hydrogens is 238 g/mol. The van der Waals surface area contributed by atoms with Crippen LogP contribution in [-0.4, -0.2) is 16.5 Å². The van der Waals surface area contributed by atoms with Crippen molar-refractivity contribution in [2.45, 2.75) is 13.0 Å². The topological polar surface area (TPSA) is 51.0 Å². The zero-order valence-electron chi connectivity index (χ0n) is 10.4. The number of hydrogen-bond donors (Lipinski definition) is 1. The molecule has 1 aliphatic rings. The average Bonchev–Trinajstić information content (AvgIpc) is 2.91. The van der Waals surface area contributed by atoms with Gasteiger partial charge in [-0.15, -0.1) is 0 Å². The number of furan rings is 1. The highest BCUT2D eigenvalue weighted by molar-refractivity contribution is 5.91. The first-order valence-corrected chi connectivity index (χ1v) is 6.44. The lowest BCUT2D eigenvalue weighted by atomic mass is 10.1. The van der Waals surface area contributed by atoms with Crippen molar-refractivity contribution in [2.24, 2.45) is 0 Å². The van der Waals surface area contributed by atoms with Crippen LogP contribution in [0, 0.1) is 0 Å². The van der Waals surface area contributed by atoms with E-state index in [1.165, 1.54) is 5.56 Å². The van der Waals surface area contributed by atoms with Gasteiger partial charge in [-0.3, -0.25) is 0 Å². The lowest BCUT2D eigenvalue weighted by Crippen LogP contribution is -2.24. The van der Waals surface area contributed by atoms with Gasteiger partial charge in [0, 0.05) is 36.7 Å². The smallest absolute Gasteiger partial charge is 0.163 e. The summed E-state index contributed by atoms with van der Waals surface area (Å²) in [6.45, 7) is 1.84. The van der Waals surface area contributed by atoms with Gasteiger partial charge in [0.15, 0.2) is 5.82 Å². The average molecular weight is 251 g/mol. The molecule has 4 rings (SSSR count). The molecule has 3 aromatic rings. The van der Waals surface area contributed by atoms with Crippen LogP contribution in [0.3, 0.4) is 0 Å². The van der Waals surface area contributed by atoms with Gasteiger partial charge in [-0.1, -0.05) is 18.2 Å². The van der Waals surface area contributed by atoms with E-state index in [9.17, 15) is 0 Å². The first-order valence-electron chi connectivity index (χ1n) is 6.44. The molecule has 0 unspecified atom stereocenters. The van der Waals surface area contributed by atoms with Crippen LogP contribution in [0.5, 0.6) is 0 Å². The minimum atomic E-state index is 0.755. The molecule has 3 heterocycles. The molecule has 0 radical (unpaired) electrons. The minimum Gasteiger partial charge on any atom is -0.464 e. The van der Waals surface area contributed by atoms with Crippen molar-refractivity contribution >= 4 is 11.0 Å². The molecule has 0 saturated heterocycles. The second-order valence-electron chi connectivity index (χ2n) is 4.74. The molecule has 0 bridgehead atoms. The molecule has 0 amide bonds. The van der Waals surface area contributed by atoms with Crippen LogP contribution in [0.25, 0.3) is 22.4 Å². The Morgan fingerprint density at radius 1 is 1.21 bits per heavy atom. The summed E-state index contributed by atoms with van der Waals surface area (Å²) in [6.07, 6.45) is 4.62. The van der Waals surface area contributed by atoms with Crippen molar-refractivity contribution in [3.63, 3.8) is 0 Å². The summed E-state index contributed by atoms with van der Waals surface area (Å²) in [5, 5.41) is 4.39. The van der Waals surface area contributed by atoms with E-state index < -0.39 is 0 Å². The van der Waals surface area contributed by atoms with Crippen LogP contribution in [-0.2, 0) is 13.0 Å². The van der Waals surface area contributed by atoms with Gasteiger partial charge in [-0.2, -0.15) is 0 Å². The van der Waals surface area contributed by atoms with Gasteiger partial charge in [-0.05, 0) is 6.07 Å². The van der Waals surface area contributed by atoms with E-state index in [1.807, 2.05) is 30.5 Å². The molecule has 1 aromatic carbocycles. The third-order valence-corrected chi connectivity index (χ3v) is 3.53. The van der Waals surface area contributed by atoms with E-state index in [-0.39, 0.29) is 0 Å². The van der Waals surface area contributed by atoms with Crippen LogP contribution in [0.4, 0.5) is 0 Å². The Morgan fingerprint density at radius 3 is 3.16 bits per heavy atom. The van der Waals surface area contributed by atoms with Crippen molar-refractivity contribution < 1.29 is 4.42 Å². The number of rotatable bonds is 1. The number of nitrogens with one attached hydrogen (secondary N) is 1. The Kier molecular flexibility index (Phi) is 2.35. The van der Waals surface area contributed by atoms with Crippen molar-refractivity contribution in [1.29, 1.82) is 0 Å². The van der Waals surface area contributed by atoms with Gasteiger partial charge < -0.3 is 9.73 Å². The summed E-state index contributed by atoms with van der Waals surface area (Å²) in [6, 6.07) is 7.97. The Hall–Kier alpha value is -2.20. The van der Waals surface area contributed by atoms with Gasteiger partial charge in [0.2, 0.25) is 0 Å². The maximum atomic E-state index is 5.56. The molecule has 0 fully saturated rings. The maximum absolute atomic E-state index is 5.56. The van der Waals surface area contributed by atoms with Crippen molar-refractivity contribution in [2.75, 3.05) is 6.54 Å². The van der Waals surface area contributed by atoms with Gasteiger partial charge >= 0.3 is 0 Å². The summed E-state index contributed by atoms with van der Waals surface area (Å²) in [7, 11) is 0. The Balaban J connectivity index is 1.88. The first kappa shape index (κ1) is 10.7. The summed E-state index contributed by atoms with van der Waals surface area (Å²) >= 11 is 0. The minimum absolute atomic E-state index is 0.755. The zero-order valence-corrected chi connectivity index (χ0v) is 10.4. The van der Waals surface area contributed by atoms with E-state index in [0.717, 1.165) is 47.6 Å². The lowest BCUT2D eigenvalue weighted by molar-refractivity contribution is 0.615. The Labute approximate surface area is 110 Å². The zero-order chi connectivity index (χ0) is 12.7. The predicted octanol–water partition coefficient (Wildman–Crippen LogP) is 2.54. The fraction of sp³-hybridized carbons (Fsp3) is 0.200. The highest BCUT2D eigenvalue weighted by Gasteiger charge is 2.15. The van der Waals surface area contributed by atoms with Gasteiger partial charge in [0.05, 0.1) is 11.3 Å². The molecule has 1 N–H and O–H groups in total. The first-order chi connectivity index (χ1) is 9.42. The SMILES string of the molecule is c1ccc2c(-c3ncc4c(n3)CCNC4)coc2c1. The molecule has 0 aliphatic carbocycles. The summed E-state index contributed by atoms with van der Waals surface area (Å²) in [5.41, 5.74) is 4.19. The van der Waals surface area contributed by atoms with E-state index in [2.05, 4.69) is 10.3 Å². The van der Waals surface area contributed by atoms with Crippen LogP contribution < -0.4 is 5.32 Å². The standard InChI is InChI=1S/C15H13N3O/c1-2-4-14-11(3-1)12(9-19-14)15-17-8-10-7-16-6-5-13(10)18-15/h1-4,8-9,16H,5-7H2. The van der Waals surface area contributed by atoms with Crippen LogP contribution in [0.1, 0.15) is 11.3 Å². The monoisotopic (exact) mass is 251 g/mol. The van der Waals surface area contributed by atoms with Crippen LogP contribution in [0.15, 0.2) is 41.1 Å². The molecule has 0 saturated carbocycles. The fourth-order valence-corrected chi connectivity index (χ4v) is 2.52. The summed E-state index contributed by atoms with van der Waals surface area (Å²) in [5.74, 6) is 0.755. The Bertz CT molecular complexity index is 748. The lowest BCUT2D eigenvalue weighted by Gasteiger charge is -2.15. The molecule has 4 nitrogen and oxygen atoms in total. The largest absolute Gasteiger partial charge is 0.464 e. The number of nitrogens with zero attached hydrogens (tertiary/aromatic N) is 2. The third kappa shape index (κ3) is 1.72. The predicted molar refractivity (Wildman–Crippen MR) is 72.7 cm³/mol. The maximum Gasteiger partial charge on any atom is 0.163 e. The highest BCUT2D eigenvalue weighted by atomic mass is 16.3. The molecule has 0 atom stereocenters. The second kappa shape index (κ2) is 4.17. The van der Waals surface area contributed by atoms with Crippen LogP contribution in [0.2, 0.25) is 0 Å². The number of aromatic nitrogens is 2. The van der Waals surface area contributed by atoms with Gasteiger partial charge in [0.1, 0.15) is 11.8 Å². The molecule has 4 heteroatoms. The normalized spacial score (nSPS) is 14.5. The summed E-state index contributed by atoms with van der Waals surface area (Å²) < 4.78 is 5.56. The van der Waals surface area contributed by atoms with E-state index in [1.54, 1.807) is 6.26 Å². The van der Waals surface area contributed by atoms with Gasteiger partial charge in [-0.25, -0.2) is 9.97 Å². The quantitative estimate of drug-likeness (QED) is 0.722. The Morgan fingerprint density at radius 2 is 2.16 bits per heavy atom. The van der Waals surface area contributed by atoms with E-state index in [0.29, 0.717) is 0 Å². The van der Waals surface area contributed by atoms with Crippen molar-refractivity contribution in [1.82, 2.24) is 15.3 Å². The molecule has 94 valence electrons. The van der Waals surface area contributed by atoms with E-state index in [4.69, 9.17) is 9.40 Å². The highest BCUT2D eigenvalue weighted by Crippen LogP contribution is 2.28. The number of benzene rings is 1.